The van der Waals surface area contributed by atoms with Crippen molar-refractivity contribution in [1.82, 2.24) is 10.3 Å². The molecule has 1 aromatic carbocycles. The first kappa shape index (κ1) is 15.5. The van der Waals surface area contributed by atoms with Gasteiger partial charge in [0, 0.05) is 24.9 Å². The number of rotatable bonds is 7. The van der Waals surface area contributed by atoms with Crippen LogP contribution in [0.2, 0.25) is 5.15 Å². The van der Waals surface area contributed by atoms with Crippen LogP contribution >= 0.6 is 11.6 Å². The van der Waals surface area contributed by atoms with Crippen LogP contribution in [0.25, 0.3) is 0 Å². The quantitative estimate of drug-likeness (QED) is 0.632. The first-order valence-corrected chi connectivity index (χ1v) is 7.15. The van der Waals surface area contributed by atoms with Crippen LogP contribution in [0.5, 0.6) is 0 Å². The summed E-state index contributed by atoms with van der Waals surface area (Å²) in [4.78, 5) is 15.6. The smallest absolute Gasteiger partial charge is 0.251 e. The van der Waals surface area contributed by atoms with Gasteiger partial charge in [-0.1, -0.05) is 41.9 Å². The van der Waals surface area contributed by atoms with Crippen molar-refractivity contribution in [2.75, 3.05) is 13.2 Å². The molecule has 5 heteroatoms. The molecule has 1 aromatic heterocycles. The molecule has 0 aliphatic heterocycles. The number of nitrogens with zero attached hydrogens (tertiary/aromatic N) is 1. The average Bonchev–Trinajstić information content (AvgIpc) is 2.51. The maximum Gasteiger partial charge on any atom is 0.251 e. The third kappa shape index (κ3) is 5.53. The van der Waals surface area contributed by atoms with Crippen molar-refractivity contribution in [2.24, 2.45) is 0 Å². The molecule has 0 atom stereocenters. The van der Waals surface area contributed by atoms with Gasteiger partial charge in [0.1, 0.15) is 5.15 Å². The molecular weight excluding hydrogens is 288 g/mol. The zero-order valence-electron chi connectivity index (χ0n) is 11.6. The molecule has 21 heavy (non-hydrogen) atoms. The standard InChI is InChI=1S/C16H17ClN2O2/c17-15-11-14(7-9-18-15)16(20)19-8-4-10-21-12-13-5-2-1-3-6-13/h1-3,5-7,9,11H,4,8,10,12H2,(H,19,20). The molecule has 0 saturated heterocycles. The van der Waals surface area contributed by atoms with Gasteiger partial charge in [-0.25, -0.2) is 4.98 Å². The van der Waals surface area contributed by atoms with Crippen molar-refractivity contribution < 1.29 is 9.53 Å². The molecule has 0 aliphatic rings. The second kappa shape index (κ2) is 8.39. The van der Waals surface area contributed by atoms with Crippen molar-refractivity contribution in [3.63, 3.8) is 0 Å². The van der Waals surface area contributed by atoms with Crippen molar-refractivity contribution in [3.8, 4) is 0 Å². The summed E-state index contributed by atoms with van der Waals surface area (Å²) in [7, 11) is 0. The number of carbonyl (C=O) groups excluding carboxylic acids is 1. The second-order valence-corrected chi connectivity index (χ2v) is 4.90. The molecule has 1 amide bonds. The van der Waals surface area contributed by atoms with Crippen molar-refractivity contribution >= 4 is 17.5 Å². The van der Waals surface area contributed by atoms with Crippen molar-refractivity contribution in [2.45, 2.75) is 13.0 Å². The maximum absolute atomic E-state index is 11.8. The third-order valence-corrected chi connectivity index (χ3v) is 3.06. The zero-order valence-corrected chi connectivity index (χ0v) is 12.3. The molecule has 1 N–H and O–H groups in total. The number of carbonyl (C=O) groups is 1. The lowest BCUT2D eigenvalue weighted by molar-refractivity contribution is 0.0934. The predicted octanol–water partition coefficient (Wildman–Crippen LogP) is 3.07. The highest BCUT2D eigenvalue weighted by Crippen LogP contribution is 2.06. The van der Waals surface area contributed by atoms with Gasteiger partial charge in [-0.2, -0.15) is 0 Å². The van der Waals surface area contributed by atoms with Crippen LogP contribution < -0.4 is 5.32 Å². The summed E-state index contributed by atoms with van der Waals surface area (Å²) in [6.45, 7) is 1.76. The largest absolute Gasteiger partial charge is 0.377 e. The summed E-state index contributed by atoms with van der Waals surface area (Å²) in [5, 5.41) is 3.13. The second-order valence-electron chi connectivity index (χ2n) is 4.51. The summed E-state index contributed by atoms with van der Waals surface area (Å²) in [5.74, 6) is -0.151. The van der Waals surface area contributed by atoms with E-state index < -0.39 is 0 Å². The number of ether oxygens (including phenoxy) is 1. The highest BCUT2D eigenvalue weighted by atomic mass is 35.5. The Morgan fingerprint density at radius 1 is 1.24 bits per heavy atom. The van der Waals surface area contributed by atoms with E-state index in [9.17, 15) is 4.79 Å². The van der Waals surface area contributed by atoms with Crippen LogP contribution in [0, 0.1) is 0 Å². The number of halogens is 1. The normalized spacial score (nSPS) is 10.3. The maximum atomic E-state index is 11.8. The van der Waals surface area contributed by atoms with Crippen molar-refractivity contribution in [1.29, 1.82) is 0 Å². The third-order valence-electron chi connectivity index (χ3n) is 2.85. The molecule has 4 nitrogen and oxygen atoms in total. The minimum atomic E-state index is -0.151. The Hall–Kier alpha value is -1.91. The minimum absolute atomic E-state index is 0.151. The van der Waals surface area contributed by atoms with Gasteiger partial charge >= 0.3 is 0 Å². The molecule has 0 aliphatic carbocycles. The summed E-state index contributed by atoms with van der Waals surface area (Å²) in [6.07, 6.45) is 2.28. The summed E-state index contributed by atoms with van der Waals surface area (Å²) < 4.78 is 5.54. The van der Waals surface area contributed by atoms with Gasteiger partial charge in [-0.3, -0.25) is 4.79 Å². The molecule has 1 heterocycles. The van der Waals surface area contributed by atoms with E-state index in [0.29, 0.717) is 30.5 Å². The fourth-order valence-corrected chi connectivity index (χ4v) is 1.96. The molecular formula is C16H17ClN2O2. The number of hydrogen-bond acceptors (Lipinski definition) is 3. The van der Waals surface area contributed by atoms with E-state index in [-0.39, 0.29) is 5.91 Å². The van der Waals surface area contributed by atoms with Crippen LogP contribution in [0.15, 0.2) is 48.7 Å². The van der Waals surface area contributed by atoms with Crippen LogP contribution in [0.1, 0.15) is 22.3 Å². The monoisotopic (exact) mass is 304 g/mol. The molecule has 0 unspecified atom stereocenters. The molecule has 0 fully saturated rings. The van der Waals surface area contributed by atoms with Crippen LogP contribution in [-0.4, -0.2) is 24.0 Å². The predicted molar refractivity (Wildman–Crippen MR) is 82.3 cm³/mol. The van der Waals surface area contributed by atoms with Crippen LogP contribution in [-0.2, 0) is 11.3 Å². The van der Waals surface area contributed by atoms with E-state index in [2.05, 4.69) is 10.3 Å². The summed E-state index contributed by atoms with van der Waals surface area (Å²) in [6, 6.07) is 13.2. The SMILES string of the molecule is O=C(NCCCOCc1ccccc1)c1ccnc(Cl)c1. The van der Waals surface area contributed by atoms with Crippen molar-refractivity contribution in [3.05, 3.63) is 64.9 Å². The molecule has 0 radical (unpaired) electrons. The topological polar surface area (TPSA) is 51.2 Å². The lowest BCUT2D eigenvalue weighted by Crippen LogP contribution is -2.25. The molecule has 2 aromatic rings. The van der Waals surface area contributed by atoms with Crippen LogP contribution in [0.3, 0.4) is 0 Å². The first-order chi connectivity index (χ1) is 10.3. The number of pyridine rings is 1. The Morgan fingerprint density at radius 3 is 2.81 bits per heavy atom. The van der Waals surface area contributed by atoms with Gasteiger partial charge in [-0.15, -0.1) is 0 Å². The fraction of sp³-hybridized carbons (Fsp3) is 0.250. The number of aromatic nitrogens is 1. The minimum Gasteiger partial charge on any atom is -0.377 e. The Morgan fingerprint density at radius 2 is 2.05 bits per heavy atom. The number of hydrogen-bond donors (Lipinski definition) is 1. The highest BCUT2D eigenvalue weighted by molar-refractivity contribution is 6.29. The summed E-state index contributed by atoms with van der Waals surface area (Å²) in [5.41, 5.74) is 1.66. The number of amides is 1. The van der Waals surface area contributed by atoms with Gasteiger partial charge in [0.25, 0.3) is 5.91 Å². The molecule has 0 saturated carbocycles. The summed E-state index contributed by atoms with van der Waals surface area (Å²) >= 11 is 5.74. The Labute approximate surface area is 129 Å². The molecule has 0 spiro atoms. The molecule has 0 bridgehead atoms. The zero-order chi connectivity index (χ0) is 14.9. The van der Waals surface area contributed by atoms with Gasteiger partial charge in [0.2, 0.25) is 0 Å². The average molecular weight is 305 g/mol. The number of nitrogens with one attached hydrogen (secondary N) is 1. The van der Waals surface area contributed by atoms with E-state index >= 15 is 0 Å². The Kier molecular flexibility index (Phi) is 6.19. The van der Waals surface area contributed by atoms with E-state index in [1.165, 1.54) is 6.20 Å². The first-order valence-electron chi connectivity index (χ1n) is 6.77. The lowest BCUT2D eigenvalue weighted by Gasteiger charge is -2.06. The Bertz CT molecular complexity index is 575. The van der Waals surface area contributed by atoms with Crippen LogP contribution in [0.4, 0.5) is 0 Å². The van der Waals surface area contributed by atoms with Gasteiger partial charge in [-0.05, 0) is 24.1 Å². The van der Waals surface area contributed by atoms with E-state index in [1.807, 2.05) is 30.3 Å². The van der Waals surface area contributed by atoms with E-state index in [4.69, 9.17) is 16.3 Å². The van der Waals surface area contributed by atoms with Gasteiger partial charge in [0.15, 0.2) is 0 Å². The fourth-order valence-electron chi connectivity index (χ4n) is 1.79. The van der Waals surface area contributed by atoms with E-state index in [0.717, 1.165) is 12.0 Å². The highest BCUT2D eigenvalue weighted by Gasteiger charge is 2.05. The van der Waals surface area contributed by atoms with Gasteiger partial charge < -0.3 is 10.1 Å². The van der Waals surface area contributed by atoms with E-state index in [1.54, 1.807) is 12.1 Å². The number of benzene rings is 1. The lowest BCUT2D eigenvalue weighted by atomic mass is 10.2. The van der Waals surface area contributed by atoms with Gasteiger partial charge in [0.05, 0.1) is 6.61 Å². The molecule has 2 rings (SSSR count). The molecule has 110 valence electrons. The Balaban J connectivity index is 1.60.